The molecule has 0 aliphatic carbocycles. The minimum absolute atomic E-state index is 0.198. The first-order valence-corrected chi connectivity index (χ1v) is 9.01. The predicted molar refractivity (Wildman–Crippen MR) is 97.4 cm³/mol. The van der Waals surface area contributed by atoms with Crippen LogP contribution in [-0.2, 0) is 17.0 Å². The summed E-state index contributed by atoms with van der Waals surface area (Å²) in [4.78, 5) is 4.34. The van der Waals surface area contributed by atoms with E-state index in [0.717, 1.165) is 23.8 Å². The van der Waals surface area contributed by atoms with Crippen molar-refractivity contribution in [2.24, 2.45) is 0 Å². The molecule has 6 nitrogen and oxygen atoms in total. The van der Waals surface area contributed by atoms with E-state index in [2.05, 4.69) is 15.2 Å². The number of phenols is 1. The predicted octanol–water partition coefficient (Wildman–Crippen LogP) is 3.37. The monoisotopic (exact) mass is 356 g/mol. The van der Waals surface area contributed by atoms with Gasteiger partial charge in [0.1, 0.15) is 5.75 Å². The summed E-state index contributed by atoms with van der Waals surface area (Å²) in [6, 6.07) is 13.0. The molecule has 0 saturated heterocycles. The van der Waals surface area contributed by atoms with E-state index in [9.17, 15) is 5.11 Å². The zero-order chi connectivity index (χ0) is 17.5. The number of nitrogens with zero attached hydrogens (tertiary/aromatic N) is 4. The first-order chi connectivity index (χ1) is 12.3. The van der Waals surface area contributed by atoms with Gasteiger partial charge in [0.2, 0.25) is 0 Å². The normalized spacial score (nSPS) is 10.9. The lowest BCUT2D eigenvalue weighted by Gasteiger charge is -2.10. The maximum Gasteiger partial charge on any atom is 0.191 e. The van der Waals surface area contributed by atoms with E-state index in [1.807, 2.05) is 34.9 Å². The van der Waals surface area contributed by atoms with E-state index in [-0.39, 0.29) is 5.75 Å². The second-order valence-electron chi connectivity index (χ2n) is 5.43. The number of aromatic nitrogens is 4. The highest BCUT2D eigenvalue weighted by molar-refractivity contribution is 7.98. The zero-order valence-corrected chi connectivity index (χ0v) is 14.8. The smallest absolute Gasteiger partial charge is 0.191 e. The van der Waals surface area contributed by atoms with Crippen molar-refractivity contribution in [2.75, 3.05) is 13.7 Å². The Morgan fingerprint density at radius 2 is 1.96 bits per heavy atom. The van der Waals surface area contributed by atoms with Crippen LogP contribution in [0.4, 0.5) is 0 Å². The number of para-hydroxylation sites is 1. The van der Waals surface area contributed by atoms with Crippen LogP contribution in [0, 0.1) is 0 Å². The number of aromatic hydroxyl groups is 1. The Balaban J connectivity index is 1.85. The summed E-state index contributed by atoms with van der Waals surface area (Å²) >= 11 is 1.58. The molecule has 25 heavy (non-hydrogen) atoms. The number of phenolic OH excluding ortho intramolecular Hbond substituents is 1. The van der Waals surface area contributed by atoms with Crippen molar-refractivity contribution in [1.82, 2.24) is 19.7 Å². The molecule has 3 rings (SSSR count). The van der Waals surface area contributed by atoms with Gasteiger partial charge in [-0.3, -0.25) is 4.98 Å². The fraction of sp³-hybridized carbons (Fsp3) is 0.278. The van der Waals surface area contributed by atoms with Gasteiger partial charge in [-0.2, -0.15) is 0 Å². The van der Waals surface area contributed by atoms with E-state index in [1.165, 1.54) is 0 Å². The lowest BCUT2D eigenvalue weighted by molar-refractivity contribution is 0.189. The van der Waals surface area contributed by atoms with Gasteiger partial charge in [-0.1, -0.05) is 30.0 Å². The molecule has 0 fully saturated rings. The molecule has 0 aliphatic heterocycles. The van der Waals surface area contributed by atoms with Crippen LogP contribution in [0.25, 0.3) is 11.4 Å². The summed E-state index contributed by atoms with van der Waals surface area (Å²) in [5, 5.41) is 19.6. The molecule has 2 heterocycles. The highest BCUT2D eigenvalue weighted by atomic mass is 32.2. The van der Waals surface area contributed by atoms with E-state index in [1.54, 1.807) is 37.2 Å². The third kappa shape index (κ3) is 4.37. The maximum atomic E-state index is 10.2. The molecule has 0 amide bonds. The molecule has 0 bridgehead atoms. The molecule has 130 valence electrons. The van der Waals surface area contributed by atoms with Crippen molar-refractivity contribution in [2.45, 2.75) is 23.9 Å². The Hall–Kier alpha value is -2.38. The molecule has 2 aromatic heterocycles. The first kappa shape index (κ1) is 17.4. The molecule has 0 spiro atoms. The summed E-state index contributed by atoms with van der Waals surface area (Å²) < 4.78 is 7.19. The van der Waals surface area contributed by atoms with Crippen molar-refractivity contribution in [1.29, 1.82) is 0 Å². The first-order valence-electron chi connectivity index (χ1n) is 8.03. The van der Waals surface area contributed by atoms with Crippen LogP contribution in [0.1, 0.15) is 12.1 Å². The molecular formula is C18H20N4O2S. The Kier molecular flexibility index (Phi) is 6.03. The number of ether oxygens (including phenoxy) is 1. The van der Waals surface area contributed by atoms with Gasteiger partial charge in [-0.25, -0.2) is 0 Å². The third-order valence-corrected chi connectivity index (χ3v) is 4.67. The molecule has 0 saturated carbocycles. The second kappa shape index (κ2) is 8.64. The molecule has 1 N–H and O–H groups in total. The number of benzene rings is 1. The SMILES string of the molecule is COCCCn1c(SCc2ccccn2)nnc1-c1ccccc1O. The van der Waals surface area contributed by atoms with Gasteiger partial charge in [0.05, 0.1) is 11.3 Å². The fourth-order valence-corrected chi connectivity index (χ4v) is 3.33. The standard InChI is InChI=1S/C18H20N4O2S/c1-24-12-6-11-22-17(15-8-2-3-9-16(15)23)20-21-18(22)25-13-14-7-4-5-10-19-14/h2-5,7-10,23H,6,11-13H2,1H3. The Bertz CT molecular complexity index is 808. The molecule has 0 aliphatic rings. The van der Waals surface area contributed by atoms with E-state index in [0.29, 0.717) is 23.7 Å². The Morgan fingerprint density at radius 3 is 2.72 bits per heavy atom. The molecule has 0 radical (unpaired) electrons. The van der Waals surface area contributed by atoms with Crippen LogP contribution in [0.15, 0.2) is 53.8 Å². The zero-order valence-electron chi connectivity index (χ0n) is 14.0. The number of hydrogen-bond acceptors (Lipinski definition) is 6. The van der Waals surface area contributed by atoms with Crippen LogP contribution in [0.3, 0.4) is 0 Å². The Labute approximate surface area is 150 Å². The summed E-state index contributed by atoms with van der Waals surface area (Å²) in [6.45, 7) is 1.37. The van der Waals surface area contributed by atoms with Gasteiger partial charge >= 0.3 is 0 Å². The average molecular weight is 356 g/mol. The van der Waals surface area contributed by atoms with Crippen LogP contribution < -0.4 is 0 Å². The lowest BCUT2D eigenvalue weighted by atomic mass is 10.2. The van der Waals surface area contributed by atoms with Gasteiger partial charge in [0, 0.05) is 32.2 Å². The summed E-state index contributed by atoms with van der Waals surface area (Å²) in [7, 11) is 1.69. The molecule has 1 aromatic carbocycles. The second-order valence-corrected chi connectivity index (χ2v) is 6.37. The number of methoxy groups -OCH3 is 1. The van der Waals surface area contributed by atoms with Gasteiger partial charge in [-0.15, -0.1) is 10.2 Å². The van der Waals surface area contributed by atoms with Gasteiger partial charge in [0.15, 0.2) is 11.0 Å². The van der Waals surface area contributed by atoms with Crippen molar-refractivity contribution in [3.05, 3.63) is 54.4 Å². The van der Waals surface area contributed by atoms with Crippen LogP contribution in [0.2, 0.25) is 0 Å². The van der Waals surface area contributed by atoms with Crippen LogP contribution in [0.5, 0.6) is 5.75 Å². The molecular weight excluding hydrogens is 336 g/mol. The maximum absolute atomic E-state index is 10.2. The van der Waals surface area contributed by atoms with Gasteiger partial charge < -0.3 is 14.4 Å². The number of pyridine rings is 1. The number of thioether (sulfide) groups is 1. The fourth-order valence-electron chi connectivity index (χ4n) is 2.45. The molecule has 7 heteroatoms. The van der Waals surface area contributed by atoms with Gasteiger partial charge in [-0.05, 0) is 30.7 Å². The van der Waals surface area contributed by atoms with Crippen molar-refractivity contribution < 1.29 is 9.84 Å². The lowest BCUT2D eigenvalue weighted by Crippen LogP contribution is -2.05. The molecule has 3 aromatic rings. The Morgan fingerprint density at radius 1 is 1.12 bits per heavy atom. The summed E-state index contributed by atoms with van der Waals surface area (Å²) in [6.07, 6.45) is 2.62. The highest BCUT2D eigenvalue weighted by Crippen LogP contribution is 2.31. The highest BCUT2D eigenvalue weighted by Gasteiger charge is 2.16. The van der Waals surface area contributed by atoms with Crippen LogP contribution >= 0.6 is 11.8 Å². The number of rotatable bonds is 8. The van der Waals surface area contributed by atoms with Crippen LogP contribution in [-0.4, -0.2) is 38.6 Å². The van der Waals surface area contributed by atoms with E-state index < -0.39 is 0 Å². The summed E-state index contributed by atoms with van der Waals surface area (Å²) in [5.74, 6) is 1.58. The van der Waals surface area contributed by atoms with Crippen molar-refractivity contribution >= 4 is 11.8 Å². The topological polar surface area (TPSA) is 73.1 Å². The van der Waals surface area contributed by atoms with E-state index in [4.69, 9.17) is 4.74 Å². The largest absolute Gasteiger partial charge is 0.507 e. The van der Waals surface area contributed by atoms with Crippen molar-refractivity contribution in [3.8, 4) is 17.1 Å². The third-order valence-electron chi connectivity index (χ3n) is 3.67. The van der Waals surface area contributed by atoms with E-state index >= 15 is 0 Å². The average Bonchev–Trinajstić information content (AvgIpc) is 3.04. The molecule has 0 atom stereocenters. The minimum atomic E-state index is 0.198. The van der Waals surface area contributed by atoms with Gasteiger partial charge in [0.25, 0.3) is 0 Å². The number of hydrogen-bond donors (Lipinski definition) is 1. The minimum Gasteiger partial charge on any atom is -0.507 e. The summed E-state index contributed by atoms with van der Waals surface area (Å²) in [5.41, 5.74) is 1.67. The quantitative estimate of drug-likeness (QED) is 0.493. The molecule has 0 unspecified atom stereocenters. The van der Waals surface area contributed by atoms with Crippen molar-refractivity contribution in [3.63, 3.8) is 0 Å².